The minimum absolute atomic E-state index is 0.143. The molecular weight excluding hydrogens is 354 g/mol. The average molecular weight is 383 g/mol. The molecule has 0 bridgehead atoms. The number of methoxy groups -OCH3 is 3. The molecule has 0 unspecified atom stereocenters. The van der Waals surface area contributed by atoms with Crippen LogP contribution in [0.2, 0.25) is 0 Å². The molecule has 150 valence electrons. The number of aryl methyl sites for hydroxylation is 1. The van der Waals surface area contributed by atoms with Gasteiger partial charge in [0.05, 0.1) is 26.7 Å². The van der Waals surface area contributed by atoms with Gasteiger partial charge in [0.15, 0.2) is 0 Å². The Labute approximate surface area is 167 Å². The van der Waals surface area contributed by atoms with Crippen LogP contribution in [0.4, 0.5) is 5.69 Å². The molecule has 1 saturated heterocycles. The summed E-state index contributed by atoms with van der Waals surface area (Å²) in [6, 6.07) is 14.0. The van der Waals surface area contributed by atoms with Crippen LogP contribution in [0.15, 0.2) is 42.5 Å². The number of anilines is 1. The lowest BCUT2D eigenvalue weighted by Gasteiger charge is -2.49. The predicted octanol–water partition coefficient (Wildman–Crippen LogP) is 4.48. The second-order valence-electron chi connectivity index (χ2n) is 7.24. The first-order valence-electron chi connectivity index (χ1n) is 9.74. The smallest absolute Gasteiger partial charge is 0.235 e. The van der Waals surface area contributed by atoms with Gasteiger partial charge in [-0.05, 0) is 31.2 Å². The van der Waals surface area contributed by atoms with Gasteiger partial charge >= 0.3 is 0 Å². The van der Waals surface area contributed by atoms with Gasteiger partial charge in [-0.25, -0.2) is 0 Å². The van der Waals surface area contributed by atoms with Gasteiger partial charge in [0.1, 0.15) is 22.9 Å². The van der Waals surface area contributed by atoms with Crippen molar-refractivity contribution in [1.82, 2.24) is 0 Å². The highest BCUT2D eigenvalue weighted by atomic mass is 16.5. The zero-order valence-electron chi connectivity index (χ0n) is 17.2. The molecular formula is C23H29NO4. The number of carbonyl (C=O) groups is 1. The fraction of sp³-hybridized carbons (Fsp3) is 0.435. The molecule has 1 aliphatic heterocycles. The van der Waals surface area contributed by atoms with Crippen LogP contribution in [0.5, 0.6) is 17.2 Å². The topological polar surface area (TPSA) is 48.0 Å². The number of rotatable bonds is 9. The van der Waals surface area contributed by atoms with E-state index in [0.29, 0.717) is 29.5 Å². The Kier molecular flexibility index (Phi) is 6.12. The Balaban J connectivity index is 1.75. The zero-order valence-corrected chi connectivity index (χ0v) is 17.2. The summed E-state index contributed by atoms with van der Waals surface area (Å²) < 4.78 is 16.4. The third-order valence-corrected chi connectivity index (χ3v) is 5.76. The van der Waals surface area contributed by atoms with E-state index in [-0.39, 0.29) is 11.3 Å². The first-order chi connectivity index (χ1) is 13.6. The number of hydrogen-bond acceptors (Lipinski definition) is 4. The van der Waals surface area contributed by atoms with Crippen molar-refractivity contribution < 1.29 is 19.0 Å². The Morgan fingerprint density at radius 2 is 1.64 bits per heavy atom. The van der Waals surface area contributed by atoms with Gasteiger partial charge in [-0.1, -0.05) is 37.3 Å². The number of amides is 1. The Bertz CT molecular complexity index is 796. The van der Waals surface area contributed by atoms with E-state index in [9.17, 15) is 4.79 Å². The molecule has 5 heteroatoms. The van der Waals surface area contributed by atoms with Crippen molar-refractivity contribution in [3.63, 3.8) is 0 Å². The summed E-state index contributed by atoms with van der Waals surface area (Å²) >= 11 is 0. The minimum atomic E-state index is -0.301. The fourth-order valence-corrected chi connectivity index (χ4v) is 3.97. The maximum atomic E-state index is 13.2. The Morgan fingerprint density at radius 1 is 1.00 bits per heavy atom. The third kappa shape index (κ3) is 3.66. The summed E-state index contributed by atoms with van der Waals surface area (Å²) in [5.41, 5.74) is 1.70. The van der Waals surface area contributed by atoms with Crippen molar-refractivity contribution in [3.8, 4) is 17.2 Å². The molecule has 0 saturated carbocycles. The highest BCUT2D eigenvalue weighted by Crippen LogP contribution is 2.50. The van der Waals surface area contributed by atoms with Crippen molar-refractivity contribution in [2.75, 3.05) is 32.8 Å². The summed E-state index contributed by atoms with van der Waals surface area (Å²) in [5, 5.41) is 0. The van der Waals surface area contributed by atoms with Gasteiger partial charge in [0.25, 0.3) is 0 Å². The summed E-state index contributed by atoms with van der Waals surface area (Å²) in [5.74, 6) is 1.94. The molecule has 1 amide bonds. The molecule has 1 atom stereocenters. The van der Waals surface area contributed by atoms with Crippen molar-refractivity contribution in [3.05, 3.63) is 48.0 Å². The van der Waals surface area contributed by atoms with Gasteiger partial charge < -0.3 is 19.1 Å². The van der Waals surface area contributed by atoms with Crippen molar-refractivity contribution in [1.29, 1.82) is 0 Å². The molecule has 0 N–H and O–H groups in total. The van der Waals surface area contributed by atoms with Crippen LogP contribution < -0.4 is 19.1 Å². The van der Waals surface area contributed by atoms with Gasteiger partial charge in [-0.2, -0.15) is 0 Å². The van der Waals surface area contributed by atoms with E-state index < -0.39 is 0 Å². The van der Waals surface area contributed by atoms with Crippen LogP contribution in [0.3, 0.4) is 0 Å². The van der Waals surface area contributed by atoms with E-state index in [2.05, 4.69) is 31.2 Å². The number of β-lactam (4-membered cyclic amide) rings is 1. The molecule has 3 rings (SSSR count). The van der Waals surface area contributed by atoms with E-state index >= 15 is 0 Å². The molecule has 0 spiro atoms. The van der Waals surface area contributed by atoms with E-state index in [1.807, 2.05) is 6.07 Å². The number of benzene rings is 2. The van der Waals surface area contributed by atoms with Crippen LogP contribution in [-0.2, 0) is 11.2 Å². The van der Waals surface area contributed by atoms with Gasteiger partial charge in [0.2, 0.25) is 5.91 Å². The second-order valence-corrected chi connectivity index (χ2v) is 7.24. The van der Waals surface area contributed by atoms with Crippen molar-refractivity contribution in [2.45, 2.75) is 32.6 Å². The summed E-state index contributed by atoms with van der Waals surface area (Å²) in [6.45, 7) is 2.77. The summed E-state index contributed by atoms with van der Waals surface area (Å²) in [4.78, 5) is 15.0. The summed E-state index contributed by atoms with van der Waals surface area (Å²) in [7, 11) is 4.78. The molecule has 1 fully saturated rings. The standard InChI is InChI=1S/C23H29NO4/c1-5-23(13-9-12-17-10-7-6-8-11-17)16-24(22(23)25)21-19(27-3)14-18(26-2)15-20(21)28-4/h6-8,10-11,14-15H,5,9,12-13,16H2,1-4H3/t23-/m1/s1. The SMILES string of the molecule is CC[C@@]1(CCCc2ccccc2)CN(c2c(OC)cc(OC)cc2OC)C1=O. The Hall–Kier alpha value is -2.69. The van der Waals surface area contributed by atoms with Crippen LogP contribution in [0, 0.1) is 5.41 Å². The average Bonchev–Trinajstić information content (AvgIpc) is 2.75. The maximum absolute atomic E-state index is 13.2. The first kappa shape index (κ1) is 20.1. The minimum Gasteiger partial charge on any atom is -0.496 e. The number of ether oxygens (including phenoxy) is 3. The first-order valence-corrected chi connectivity index (χ1v) is 9.74. The molecule has 2 aromatic rings. The lowest BCUT2D eigenvalue weighted by atomic mass is 9.72. The summed E-state index contributed by atoms with van der Waals surface area (Å²) in [6.07, 6.45) is 3.70. The predicted molar refractivity (Wildman–Crippen MR) is 111 cm³/mol. The van der Waals surface area contributed by atoms with Crippen LogP contribution in [-0.4, -0.2) is 33.8 Å². The van der Waals surface area contributed by atoms with Crippen LogP contribution >= 0.6 is 0 Å². The number of nitrogens with zero attached hydrogens (tertiary/aromatic N) is 1. The van der Waals surface area contributed by atoms with Crippen LogP contribution in [0.25, 0.3) is 0 Å². The maximum Gasteiger partial charge on any atom is 0.235 e. The normalized spacial score (nSPS) is 18.6. The molecule has 2 aromatic carbocycles. The molecule has 0 aliphatic carbocycles. The lowest BCUT2D eigenvalue weighted by molar-refractivity contribution is -0.136. The van der Waals surface area contributed by atoms with E-state index in [1.54, 1.807) is 38.4 Å². The monoisotopic (exact) mass is 383 g/mol. The third-order valence-electron chi connectivity index (χ3n) is 5.76. The second kappa shape index (κ2) is 8.55. The highest BCUT2D eigenvalue weighted by molar-refractivity contribution is 6.06. The zero-order chi connectivity index (χ0) is 20.1. The van der Waals surface area contributed by atoms with Crippen molar-refractivity contribution >= 4 is 11.6 Å². The number of carbonyl (C=O) groups excluding carboxylic acids is 1. The lowest BCUT2D eigenvalue weighted by Crippen LogP contribution is -2.61. The highest BCUT2D eigenvalue weighted by Gasteiger charge is 2.52. The molecule has 0 radical (unpaired) electrons. The molecule has 1 heterocycles. The van der Waals surface area contributed by atoms with Gasteiger partial charge in [-0.3, -0.25) is 4.79 Å². The Morgan fingerprint density at radius 3 is 2.14 bits per heavy atom. The van der Waals surface area contributed by atoms with Gasteiger partial charge in [0, 0.05) is 18.7 Å². The molecule has 0 aromatic heterocycles. The fourth-order valence-electron chi connectivity index (χ4n) is 3.97. The van der Waals surface area contributed by atoms with E-state index in [4.69, 9.17) is 14.2 Å². The molecule has 1 aliphatic rings. The van der Waals surface area contributed by atoms with E-state index in [0.717, 1.165) is 25.7 Å². The van der Waals surface area contributed by atoms with E-state index in [1.165, 1.54) is 5.56 Å². The largest absolute Gasteiger partial charge is 0.496 e. The quantitative estimate of drug-likeness (QED) is 0.599. The van der Waals surface area contributed by atoms with Crippen molar-refractivity contribution in [2.24, 2.45) is 5.41 Å². The van der Waals surface area contributed by atoms with Gasteiger partial charge in [-0.15, -0.1) is 0 Å². The van der Waals surface area contributed by atoms with Crippen LogP contribution in [0.1, 0.15) is 31.7 Å². The molecule has 5 nitrogen and oxygen atoms in total. The molecule has 28 heavy (non-hydrogen) atoms. The number of hydrogen-bond donors (Lipinski definition) is 0.